The van der Waals surface area contributed by atoms with Crippen molar-refractivity contribution in [2.45, 2.75) is 44.5 Å². The summed E-state index contributed by atoms with van der Waals surface area (Å²) in [7, 11) is 0. The van der Waals surface area contributed by atoms with Gasteiger partial charge in [0.2, 0.25) is 5.90 Å². The number of amides is 1. The minimum atomic E-state index is -1.22. The normalized spacial score (nSPS) is 19.0. The first-order valence-electron chi connectivity index (χ1n) is 15.6. The highest BCUT2D eigenvalue weighted by atomic mass is 32.1. The van der Waals surface area contributed by atoms with Crippen LogP contribution in [0.2, 0.25) is 0 Å². The predicted molar refractivity (Wildman–Crippen MR) is 180 cm³/mol. The number of thiazole rings is 1. The van der Waals surface area contributed by atoms with Crippen molar-refractivity contribution in [1.82, 2.24) is 9.88 Å². The minimum Gasteiger partial charge on any atom is -0.494 e. The van der Waals surface area contributed by atoms with Crippen molar-refractivity contribution in [3.05, 3.63) is 141 Å². The summed E-state index contributed by atoms with van der Waals surface area (Å²) in [4.78, 5) is 26.8. The van der Waals surface area contributed by atoms with Gasteiger partial charge in [0.05, 0.1) is 23.9 Å². The SMILES string of the molecule is Cc1nc(CN2Cc3ccccc3C[C@]3(N=C(c4ccc(OCCCO)cc4)O[C@@H]3c3ccc(-c4ccccc4)cc3)C2=O)cs1. The average Bonchev–Trinajstić information content (AvgIpc) is 3.66. The van der Waals surface area contributed by atoms with E-state index in [1.165, 1.54) is 0 Å². The summed E-state index contributed by atoms with van der Waals surface area (Å²) in [6, 6.07) is 34.3. The first-order valence-corrected chi connectivity index (χ1v) is 16.4. The largest absolute Gasteiger partial charge is 0.494 e. The summed E-state index contributed by atoms with van der Waals surface area (Å²) in [5.41, 5.74) is 5.70. The lowest BCUT2D eigenvalue weighted by atomic mass is 9.81. The van der Waals surface area contributed by atoms with Crippen LogP contribution in [-0.4, -0.2) is 45.5 Å². The highest BCUT2D eigenvalue weighted by molar-refractivity contribution is 7.09. The molecular formula is C38H35N3O4S. The van der Waals surface area contributed by atoms with Crippen LogP contribution in [-0.2, 0) is 29.0 Å². The number of carbonyl (C=O) groups is 1. The Hall–Kier alpha value is -4.79. The minimum absolute atomic E-state index is 0.0782. The molecule has 2 aliphatic heterocycles. The van der Waals surface area contributed by atoms with E-state index in [4.69, 9.17) is 19.6 Å². The molecule has 0 bridgehead atoms. The van der Waals surface area contributed by atoms with Gasteiger partial charge in [-0.1, -0.05) is 78.9 Å². The number of hydrogen-bond donors (Lipinski definition) is 1. The van der Waals surface area contributed by atoms with Gasteiger partial charge >= 0.3 is 0 Å². The zero-order valence-electron chi connectivity index (χ0n) is 25.6. The van der Waals surface area contributed by atoms with E-state index in [-0.39, 0.29) is 12.5 Å². The Bertz CT molecular complexity index is 1850. The van der Waals surface area contributed by atoms with Gasteiger partial charge in [-0.3, -0.25) is 4.79 Å². The van der Waals surface area contributed by atoms with E-state index in [1.54, 1.807) is 11.3 Å². The fraction of sp³-hybridized carbons (Fsp3) is 0.237. The Balaban J connectivity index is 1.31. The monoisotopic (exact) mass is 629 g/mol. The fourth-order valence-corrected chi connectivity index (χ4v) is 6.88. The van der Waals surface area contributed by atoms with Gasteiger partial charge in [-0.15, -0.1) is 11.3 Å². The molecule has 232 valence electrons. The molecule has 1 amide bonds. The fourth-order valence-electron chi connectivity index (χ4n) is 6.28. The summed E-state index contributed by atoms with van der Waals surface area (Å²) in [6.45, 7) is 3.35. The van der Waals surface area contributed by atoms with Gasteiger partial charge < -0.3 is 19.5 Å². The number of rotatable bonds is 9. The zero-order chi connectivity index (χ0) is 31.5. The lowest BCUT2D eigenvalue weighted by Crippen LogP contribution is -2.49. The molecular weight excluding hydrogens is 595 g/mol. The molecule has 2 aliphatic rings. The third-order valence-corrected chi connectivity index (χ3v) is 9.40. The molecule has 7 rings (SSSR count). The third-order valence-electron chi connectivity index (χ3n) is 8.57. The number of hydrogen-bond acceptors (Lipinski definition) is 7. The Kier molecular flexibility index (Phi) is 8.39. The molecule has 0 fully saturated rings. The van der Waals surface area contributed by atoms with Crippen molar-refractivity contribution >= 4 is 23.1 Å². The number of ether oxygens (including phenoxy) is 2. The molecule has 0 aliphatic carbocycles. The van der Waals surface area contributed by atoms with Gasteiger partial charge in [-0.05, 0) is 59.0 Å². The van der Waals surface area contributed by atoms with E-state index < -0.39 is 11.6 Å². The molecule has 3 heterocycles. The maximum atomic E-state index is 15.0. The number of aryl methyl sites for hydroxylation is 1. The number of nitrogens with zero attached hydrogens (tertiary/aromatic N) is 3. The molecule has 1 spiro atoms. The van der Waals surface area contributed by atoms with Gasteiger partial charge in [0.1, 0.15) is 5.75 Å². The smallest absolute Gasteiger partial charge is 0.255 e. The van der Waals surface area contributed by atoms with Crippen molar-refractivity contribution in [3.63, 3.8) is 0 Å². The van der Waals surface area contributed by atoms with E-state index in [1.807, 2.05) is 71.8 Å². The molecule has 8 heteroatoms. The van der Waals surface area contributed by atoms with Crippen LogP contribution in [0, 0.1) is 6.92 Å². The van der Waals surface area contributed by atoms with Crippen LogP contribution >= 0.6 is 11.3 Å². The number of carbonyl (C=O) groups excluding carboxylic acids is 1. The molecule has 4 aromatic carbocycles. The zero-order valence-corrected chi connectivity index (χ0v) is 26.5. The van der Waals surface area contributed by atoms with Crippen LogP contribution < -0.4 is 4.74 Å². The van der Waals surface area contributed by atoms with Crippen LogP contribution in [0.1, 0.15) is 45.5 Å². The highest BCUT2D eigenvalue weighted by Crippen LogP contribution is 2.46. The first kappa shape index (κ1) is 29.9. The van der Waals surface area contributed by atoms with Crippen LogP contribution in [0.15, 0.2) is 114 Å². The van der Waals surface area contributed by atoms with Gasteiger partial charge in [0.15, 0.2) is 11.6 Å². The molecule has 2 atom stereocenters. The maximum absolute atomic E-state index is 15.0. The Morgan fingerprint density at radius 1 is 0.913 bits per heavy atom. The van der Waals surface area contributed by atoms with E-state index >= 15 is 0 Å². The second-order valence-corrected chi connectivity index (χ2v) is 12.8. The van der Waals surface area contributed by atoms with Crippen molar-refractivity contribution in [1.29, 1.82) is 0 Å². The molecule has 5 aromatic rings. The molecule has 0 saturated heterocycles. The topological polar surface area (TPSA) is 84.2 Å². The third kappa shape index (κ3) is 5.94. The van der Waals surface area contributed by atoms with E-state index in [0.717, 1.165) is 44.1 Å². The quantitative estimate of drug-likeness (QED) is 0.179. The molecule has 1 aromatic heterocycles. The second kappa shape index (κ2) is 12.9. The predicted octanol–water partition coefficient (Wildman–Crippen LogP) is 6.92. The van der Waals surface area contributed by atoms with Crippen LogP contribution in [0.4, 0.5) is 0 Å². The number of benzene rings is 4. The van der Waals surface area contributed by atoms with Gasteiger partial charge in [0.25, 0.3) is 5.91 Å². The number of aliphatic imine (C=N–C) groups is 1. The van der Waals surface area contributed by atoms with Crippen LogP contribution in [0.3, 0.4) is 0 Å². The molecule has 0 saturated carbocycles. The van der Waals surface area contributed by atoms with Crippen LogP contribution in [0.25, 0.3) is 11.1 Å². The molecule has 46 heavy (non-hydrogen) atoms. The van der Waals surface area contributed by atoms with Crippen LogP contribution in [0.5, 0.6) is 5.75 Å². The van der Waals surface area contributed by atoms with Gasteiger partial charge in [0, 0.05) is 36.9 Å². The van der Waals surface area contributed by atoms with Gasteiger partial charge in [-0.25, -0.2) is 9.98 Å². The lowest BCUT2D eigenvalue weighted by Gasteiger charge is -2.33. The number of aromatic nitrogens is 1. The summed E-state index contributed by atoms with van der Waals surface area (Å²) >= 11 is 1.59. The second-order valence-electron chi connectivity index (χ2n) is 11.7. The van der Waals surface area contributed by atoms with Crippen molar-refractivity contribution in [3.8, 4) is 16.9 Å². The highest BCUT2D eigenvalue weighted by Gasteiger charge is 2.56. The van der Waals surface area contributed by atoms with Gasteiger partial charge in [-0.2, -0.15) is 0 Å². The standard InChI is InChI=1S/C38H35N3O4S/c1-26-39-33(25-46-26)24-41-23-32-11-6-5-10-31(32)22-38(37(41)43)35(29-14-12-28(13-15-29)27-8-3-2-4-9-27)45-36(40-38)30-16-18-34(19-17-30)44-21-7-20-42/h2-6,8-19,25,35,42H,7,20-24H2,1H3/t35-,38-/m1/s1. The van der Waals surface area contributed by atoms with E-state index in [0.29, 0.717) is 44.2 Å². The van der Waals surface area contributed by atoms with E-state index in [2.05, 4.69) is 53.5 Å². The molecule has 0 unspecified atom stereocenters. The Labute approximate surface area is 272 Å². The summed E-state index contributed by atoms with van der Waals surface area (Å²) in [5.74, 6) is 1.05. The summed E-state index contributed by atoms with van der Waals surface area (Å²) < 4.78 is 12.5. The number of aliphatic hydroxyl groups is 1. The van der Waals surface area contributed by atoms with Crippen molar-refractivity contribution < 1.29 is 19.4 Å². The van der Waals surface area contributed by atoms with Crippen molar-refractivity contribution in [2.75, 3.05) is 13.2 Å². The van der Waals surface area contributed by atoms with Crippen molar-refractivity contribution in [2.24, 2.45) is 4.99 Å². The number of fused-ring (bicyclic) bond motifs is 1. The average molecular weight is 630 g/mol. The maximum Gasteiger partial charge on any atom is 0.255 e. The molecule has 7 nitrogen and oxygen atoms in total. The molecule has 1 N–H and O–H groups in total. The number of aliphatic hydroxyl groups excluding tert-OH is 1. The van der Waals surface area contributed by atoms with E-state index in [9.17, 15) is 4.79 Å². The Morgan fingerprint density at radius 3 is 2.33 bits per heavy atom. The first-order chi connectivity index (χ1) is 22.5. The lowest BCUT2D eigenvalue weighted by molar-refractivity contribution is -0.140. The Morgan fingerprint density at radius 2 is 1.61 bits per heavy atom. The summed E-state index contributed by atoms with van der Waals surface area (Å²) in [6.07, 6.45) is 0.322. The summed E-state index contributed by atoms with van der Waals surface area (Å²) in [5, 5.41) is 12.1. The molecule has 0 radical (unpaired) electrons.